The van der Waals surface area contributed by atoms with Crippen molar-refractivity contribution in [3.8, 4) is 0 Å². The number of aryl methyl sites for hydroxylation is 1. The maximum absolute atomic E-state index is 11.3. The zero-order valence-electron chi connectivity index (χ0n) is 8.98. The molecule has 0 heterocycles. The Morgan fingerprint density at radius 3 is 2.40 bits per heavy atom. The Morgan fingerprint density at radius 1 is 1.07 bits per heavy atom. The summed E-state index contributed by atoms with van der Waals surface area (Å²) >= 11 is 0. The number of hydrogen-bond acceptors (Lipinski definition) is 2. The van der Waals surface area contributed by atoms with E-state index in [0.717, 1.165) is 12.8 Å². The van der Waals surface area contributed by atoms with Gasteiger partial charge < -0.3 is 5.11 Å². The van der Waals surface area contributed by atoms with Crippen LogP contribution in [0.5, 0.6) is 0 Å². The van der Waals surface area contributed by atoms with Gasteiger partial charge in [-0.15, -0.1) is 0 Å². The van der Waals surface area contributed by atoms with Crippen molar-refractivity contribution in [1.82, 2.24) is 0 Å². The second-order valence-corrected chi connectivity index (χ2v) is 3.70. The van der Waals surface area contributed by atoms with E-state index < -0.39 is 0 Å². The number of carbonyl (C=O) groups is 1. The fourth-order valence-corrected chi connectivity index (χ4v) is 1.54. The summed E-state index contributed by atoms with van der Waals surface area (Å²) in [5, 5.41) is 8.57. The van der Waals surface area contributed by atoms with Crippen LogP contribution in [0.25, 0.3) is 0 Å². The summed E-state index contributed by atoms with van der Waals surface area (Å²) in [6, 6.07) is 10.2. The average molecular weight is 206 g/mol. The number of benzene rings is 1. The molecule has 1 aromatic rings. The van der Waals surface area contributed by atoms with Gasteiger partial charge in [0.1, 0.15) is 5.78 Å². The first-order valence-corrected chi connectivity index (χ1v) is 5.49. The lowest BCUT2D eigenvalue weighted by atomic mass is 10.0. The Morgan fingerprint density at radius 2 is 1.73 bits per heavy atom. The lowest BCUT2D eigenvalue weighted by molar-refractivity contribution is -0.119. The van der Waals surface area contributed by atoms with Crippen molar-refractivity contribution < 1.29 is 9.90 Å². The summed E-state index contributed by atoms with van der Waals surface area (Å²) in [4.78, 5) is 11.3. The summed E-state index contributed by atoms with van der Waals surface area (Å²) in [5.41, 5.74) is 1.28. The van der Waals surface area contributed by atoms with Gasteiger partial charge >= 0.3 is 0 Å². The molecule has 0 bridgehead atoms. The maximum atomic E-state index is 11.3. The topological polar surface area (TPSA) is 37.3 Å². The fourth-order valence-electron chi connectivity index (χ4n) is 1.54. The van der Waals surface area contributed by atoms with E-state index in [-0.39, 0.29) is 12.4 Å². The maximum Gasteiger partial charge on any atom is 0.133 e. The van der Waals surface area contributed by atoms with Crippen LogP contribution in [0.3, 0.4) is 0 Å². The zero-order chi connectivity index (χ0) is 10.9. The van der Waals surface area contributed by atoms with E-state index in [4.69, 9.17) is 5.11 Å². The molecule has 0 radical (unpaired) electrons. The van der Waals surface area contributed by atoms with E-state index in [9.17, 15) is 4.79 Å². The molecule has 0 fully saturated rings. The first-order valence-electron chi connectivity index (χ1n) is 5.49. The first kappa shape index (κ1) is 11.9. The Hall–Kier alpha value is -1.15. The molecule has 1 N–H and O–H groups in total. The van der Waals surface area contributed by atoms with Crippen molar-refractivity contribution in [2.24, 2.45) is 0 Å². The average Bonchev–Trinajstić information content (AvgIpc) is 2.28. The standard InChI is InChI=1S/C13H18O2/c14-11-5-10-13(15)9-4-8-12-6-2-1-3-7-12/h1-3,6-7,14H,4-5,8-11H2. The van der Waals surface area contributed by atoms with Crippen molar-refractivity contribution in [3.63, 3.8) is 0 Å². The van der Waals surface area contributed by atoms with Gasteiger partial charge in [0, 0.05) is 19.4 Å². The molecule has 0 unspecified atom stereocenters. The van der Waals surface area contributed by atoms with Crippen LogP contribution < -0.4 is 0 Å². The van der Waals surface area contributed by atoms with Crippen molar-refractivity contribution in [1.29, 1.82) is 0 Å². The number of rotatable bonds is 7. The van der Waals surface area contributed by atoms with Crippen LogP contribution in [0.2, 0.25) is 0 Å². The van der Waals surface area contributed by atoms with Gasteiger partial charge in [0.2, 0.25) is 0 Å². The number of ketones is 1. The summed E-state index contributed by atoms with van der Waals surface area (Å²) in [6.07, 6.45) is 3.63. The molecule has 1 rings (SSSR count). The van der Waals surface area contributed by atoms with Gasteiger partial charge in [-0.05, 0) is 24.8 Å². The number of aliphatic hydroxyl groups excluding tert-OH is 1. The van der Waals surface area contributed by atoms with Gasteiger partial charge in [0.05, 0.1) is 0 Å². The predicted molar refractivity (Wildman–Crippen MR) is 60.7 cm³/mol. The Bertz CT molecular complexity index is 280. The smallest absolute Gasteiger partial charge is 0.133 e. The van der Waals surface area contributed by atoms with Crippen molar-refractivity contribution in [3.05, 3.63) is 35.9 Å². The Labute approximate surface area is 90.9 Å². The Balaban J connectivity index is 2.14. The first-order chi connectivity index (χ1) is 7.33. The third-order valence-electron chi connectivity index (χ3n) is 2.38. The molecule has 15 heavy (non-hydrogen) atoms. The molecule has 2 heteroatoms. The largest absolute Gasteiger partial charge is 0.396 e. The second kappa shape index (κ2) is 7.18. The van der Waals surface area contributed by atoms with Crippen molar-refractivity contribution in [2.45, 2.75) is 32.1 Å². The van der Waals surface area contributed by atoms with Crippen LogP contribution in [0.4, 0.5) is 0 Å². The monoisotopic (exact) mass is 206 g/mol. The number of hydrogen-bond donors (Lipinski definition) is 1. The van der Waals surface area contributed by atoms with Crippen molar-refractivity contribution >= 4 is 5.78 Å². The third-order valence-corrected chi connectivity index (χ3v) is 2.38. The van der Waals surface area contributed by atoms with Gasteiger partial charge in [-0.3, -0.25) is 4.79 Å². The summed E-state index contributed by atoms with van der Waals surface area (Å²) < 4.78 is 0. The van der Waals surface area contributed by atoms with Crippen LogP contribution in [0, 0.1) is 0 Å². The summed E-state index contributed by atoms with van der Waals surface area (Å²) in [6.45, 7) is 0.116. The van der Waals surface area contributed by atoms with Gasteiger partial charge in [0.25, 0.3) is 0 Å². The summed E-state index contributed by atoms with van der Waals surface area (Å²) in [5.74, 6) is 0.264. The highest BCUT2D eigenvalue weighted by Gasteiger charge is 2.01. The fraction of sp³-hybridized carbons (Fsp3) is 0.462. The molecule has 0 aliphatic rings. The van der Waals surface area contributed by atoms with E-state index in [0.29, 0.717) is 19.3 Å². The van der Waals surface area contributed by atoms with Crippen LogP contribution in [0.15, 0.2) is 30.3 Å². The highest BCUT2D eigenvalue weighted by molar-refractivity contribution is 5.78. The highest BCUT2D eigenvalue weighted by Crippen LogP contribution is 2.06. The zero-order valence-corrected chi connectivity index (χ0v) is 8.98. The lowest BCUT2D eigenvalue weighted by Crippen LogP contribution is -2.00. The highest BCUT2D eigenvalue weighted by atomic mass is 16.3. The SMILES string of the molecule is O=C(CCCO)CCCc1ccccc1. The van der Waals surface area contributed by atoms with Crippen LogP contribution in [0.1, 0.15) is 31.2 Å². The van der Waals surface area contributed by atoms with E-state index in [2.05, 4.69) is 12.1 Å². The van der Waals surface area contributed by atoms with Gasteiger partial charge in [0.15, 0.2) is 0 Å². The minimum Gasteiger partial charge on any atom is -0.396 e. The Kier molecular flexibility index (Phi) is 5.71. The predicted octanol–water partition coefficient (Wildman–Crippen LogP) is 2.35. The molecular formula is C13H18O2. The number of Topliss-reactive ketones (excluding diaryl/α,β-unsaturated/α-hetero) is 1. The third kappa shape index (κ3) is 5.33. The molecule has 0 atom stereocenters. The number of aliphatic hydroxyl groups is 1. The van der Waals surface area contributed by atoms with E-state index in [1.165, 1.54) is 5.56 Å². The molecule has 0 aromatic heterocycles. The van der Waals surface area contributed by atoms with E-state index in [1.807, 2.05) is 18.2 Å². The molecular weight excluding hydrogens is 188 g/mol. The lowest BCUT2D eigenvalue weighted by Gasteiger charge is -2.00. The molecule has 1 aromatic carbocycles. The molecule has 82 valence electrons. The second-order valence-electron chi connectivity index (χ2n) is 3.70. The molecule has 0 saturated heterocycles. The molecule has 0 spiro atoms. The number of carbonyl (C=O) groups excluding carboxylic acids is 1. The minimum absolute atomic E-state index is 0.116. The van der Waals surface area contributed by atoms with Gasteiger partial charge in [-0.2, -0.15) is 0 Å². The molecule has 2 nitrogen and oxygen atoms in total. The summed E-state index contributed by atoms with van der Waals surface area (Å²) in [7, 11) is 0. The van der Waals surface area contributed by atoms with E-state index >= 15 is 0 Å². The molecule has 0 aliphatic heterocycles. The minimum atomic E-state index is 0.116. The van der Waals surface area contributed by atoms with E-state index in [1.54, 1.807) is 0 Å². The normalized spacial score (nSPS) is 10.2. The van der Waals surface area contributed by atoms with Crippen LogP contribution in [-0.4, -0.2) is 17.5 Å². The molecule has 0 amide bonds. The molecule has 0 saturated carbocycles. The quantitative estimate of drug-likeness (QED) is 0.743. The van der Waals surface area contributed by atoms with Crippen molar-refractivity contribution in [2.75, 3.05) is 6.61 Å². The van der Waals surface area contributed by atoms with Gasteiger partial charge in [-0.25, -0.2) is 0 Å². The molecule has 0 aliphatic carbocycles. The van der Waals surface area contributed by atoms with Gasteiger partial charge in [-0.1, -0.05) is 30.3 Å². The van der Waals surface area contributed by atoms with Crippen LogP contribution >= 0.6 is 0 Å². The van der Waals surface area contributed by atoms with Crippen LogP contribution in [-0.2, 0) is 11.2 Å².